The van der Waals surface area contributed by atoms with Gasteiger partial charge in [0.05, 0.1) is 13.2 Å². The third kappa shape index (κ3) is 6.12. The number of nitrogens with one attached hydrogen (secondary N) is 2. The molecule has 1 amide bonds. The van der Waals surface area contributed by atoms with Gasteiger partial charge in [0.15, 0.2) is 0 Å². The maximum absolute atomic E-state index is 13.0. The number of benzene rings is 1. The quantitative estimate of drug-likeness (QED) is 0.770. The van der Waals surface area contributed by atoms with Crippen LogP contribution in [0.1, 0.15) is 20.8 Å². The minimum Gasteiger partial charge on any atom is -0.380 e. The molecular formula is C15H23FN2O2. The SMILES string of the molecule is CCOCC(NCC(=O)Nc1cccc(F)c1)C(C)C. The number of rotatable bonds is 8. The van der Waals surface area contributed by atoms with Gasteiger partial charge in [-0.2, -0.15) is 0 Å². The molecule has 0 heterocycles. The monoisotopic (exact) mass is 282 g/mol. The summed E-state index contributed by atoms with van der Waals surface area (Å²) in [6.07, 6.45) is 0. The van der Waals surface area contributed by atoms with Crippen LogP contribution in [0, 0.1) is 11.7 Å². The summed E-state index contributed by atoms with van der Waals surface area (Å²) in [5.74, 6) is -0.201. The Labute approximate surface area is 119 Å². The smallest absolute Gasteiger partial charge is 0.238 e. The van der Waals surface area contributed by atoms with Crippen molar-refractivity contribution in [1.82, 2.24) is 5.32 Å². The van der Waals surface area contributed by atoms with Crippen LogP contribution in [0.3, 0.4) is 0 Å². The molecule has 0 aliphatic heterocycles. The number of ether oxygens (including phenoxy) is 1. The van der Waals surface area contributed by atoms with Crippen molar-refractivity contribution >= 4 is 11.6 Å². The van der Waals surface area contributed by atoms with E-state index in [0.717, 1.165) is 0 Å². The fourth-order valence-corrected chi connectivity index (χ4v) is 1.73. The Morgan fingerprint density at radius 1 is 1.40 bits per heavy atom. The van der Waals surface area contributed by atoms with Gasteiger partial charge < -0.3 is 15.4 Å². The predicted octanol–water partition coefficient (Wildman–Crippen LogP) is 2.41. The number of anilines is 1. The number of carbonyl (C=O) groups is 1. The number of amides is 1. The molecular weight excluding hydrogens is 259 g/mol. The standard InChI is InChI=1S/C15H23FN2O2/c1-4-20-10-14(11(2)3)17-9-15(19)18-13-7-5-6-12(16)8-13/h5-8,11,14,17H,4,9-10H2,1-3H3,(H,18,19). The van der Waals surface area contributed by atoms with Crippen LogP contribution in [0.5, 0.6) is 0 Å². The van der Waals surface area contributed by atoms with E-state index in [9.17, 15) is 9.18 Å². The first-order valence-corrected chi connectivity index (χ1v) is 6.89. The highest BCUT2D eigenvalue weighted by atomic mass is 19.1. The largest absolute Gasteiger partial charge is 0.380 e. The number of carbonyl (C=O) groups excluding carboxylic acids is 1. The number of hydrogen-bond donors (Lipinski definition) is 2. The van der Waals surface area contributed by atoms with Crippen LogP contribution in [0.15, 0.2) is 24.3 Å². The van der Waals surface area contributed by atoms with Crippen molar-refractivity contribution in [2.24, 2.45) is 5.92 Å². The summed E-state index contributed by atoms with van der Waals surface area (Å²) < 4.78 is 18.4. The third-order valence-electron chi connectivity index (χ3n) is 2.94. The van der Waals surface area contributed by atoms with E-state index in [1.165, 1.54) is 12.1 Å². The van der Waals surface area contributed by atoms with Gasteiger partial charge >= 0.3 is 0 Å². The highest BCUT2D eigenvalue weighted by Gasteiger charge is 2.14. The topological polar surface area (TPSA) is 50.4 Å². The number of halogens is 1. The number of hydrogen-bond acceptors (Lipinski definition) is 3. The molecule has 1 aromatic carbocycles. The molecule has 20 heavy (non-hydrogen) atoms. The Morgan fingerprint density at radius 2 is 2.15 bits per heavy atom. The van der Waals surface area contributed by atoms with Crippen molar-refractivity contribution in [3.8, 4) is 0 Å². The lowest BCUT2D eigenvalue weighted by atomic mass is 10.1. The molecule has 1 rings (SSSR count). The normalized spacial score (nSPS) is 12.4. The average Bonchev–Trinajstić information content (AvgIpc) is 2.38. The van der Waals surface area contributed by atoms with E-state index in [2.05, 4.69) is 24.5 Å². The van der Waals surface area contributed by atoms with Gasteiger partial charge in [0.1, 0.15) is 5.82 Å². The van der Waals surface area contributed by atoms with Crippen LogP contribution >= 0.6 is 0 Å². The molecule has 0 aliphatic carbocycles. The van der Waals surface area contributed by atoms with E-state index in [4.69, 9.17) is 4.74 Å². The van der Waals surface area contributed by atoms with E-state index in [0.29, 0.717) is 24.8 Å². The maximum Gasteiger partial charge on any atom is 0.238 e. The van der Waals surface area contributed by atoms with Crippen LogP contribution in [0.4, 0.5) is 10.1 Å². The summed E-state index contributed by atoms with van der Waals surface area (Å²) in [4.78, 5) is 11.8. The maximum atomic E-state index is 13.0. The third-order valence-corrected chi connectivity index (χ3v) is 2.94. The van der Waals surface area contributed by atoms with Gasteiger partial charge in [0.2, 0.25) is 5.91 Å². The van der Waals surface area contributed by atoms with Gasteiger partial charge in [-0.25, -0.2) is 4.39 Å². The zero-order chi connectivity index (χ0) is 15.0. The highest BCUT2D eigenvalue weighted by Crippen LogP contribution is 2.08. The lowest BCUT2D eigenvalue weighted by Crippen LogP contribution is -2.42. The zero-order valence-electron chi connectivity index (χ0n) is 12.3. The second-order valence-electron chi connectivity index (χ2n) is 4.95. The second kappa shape index (κ2) is 8.66. The summed E-state index contributed by atoms with van der Waals surface area (Å²) in [7, 11) is 0. The van der Waals surface area contributed by atoms with Crippen LogP contribution in [-0.4, -0.2) is 31.7 Å². The average molecular weight is 282 g/mol. The van der Waals surface area contributed by atoms with E-state index in [1.54, 1.807) is 12.1 Å². The Hall–Kier alpha value is -1.46. The Morgan fingerprint density at radius 3 is 2.75 bits per heavy atom. The first-order chi connectivity index (χ1) is 9.52. The second-order valence-corrected chi connectivity index (χ2v) is 4.95. The molecule has 0 saturated heterocycles. The molecule has 0 radical (unpaired) electrons. The Balaban J connectivity index is 2.41. The molecule has 2 N–H and O–H groups in total. The predicted molar refractivity (Wildman–Crippen MR) is 78.2 cm³/mol. The van der Waals surface area contributed by atoms with Crippen molar-refractivity contribution in [3.63, 3.8) is 0 Å². The van der Waals surface area contributed by atoms with Crippen LogP contribution in [0.2, 0.25) is 0 Å². The fraction of sp³-hybridized carbons (Fsp3) is 0.533. The van der Waals surface area contributed by atoms with Crippen molar-refractivity contribution < 1.29 is 13.9 Å². The summed E-state index contributed by atoms with van der Waals surface area (Å²) in [6, 6.07) is 5.96. The van der Waals surface area contributed by atoms with Gasteiger partial charge in [0, 0.05) is 18.3 Å². The summed E-state index contributed by atoms with van der Waals surface area (Å²) in [5.41, 5.74) is 0.461. The molecule has 0 aromatic heterocycles. The molecule has 112 valence electrons. The minimum absolute atomic E-state index is 0.119. The van der Waals surface area contributed by atoms with Gasteiger partial charge in [-0.1, -0.05) is 19.9 Å². The van der Waals surface area contributed by atoms with Crippen molar-refractivity contribution in [2.45, 2.75) is 26.8 Å². The van der Waals surface area contributed by atoms with Crippen LogP contribution < -0.4 is 10.6 Å². The van der Waals surface area contributed by atoms with E-state index >= 15 is 0 Å². The minimum atomic E-state index is -0.368. The van der Waals surface area contributed by atoms with Gasteiger partial charge in [-0.3, -0.25) is 4.79 Å². The van der Waals surface area contributed by atoms with Gasteiger partial charge in [0.25, 0.3) is 0 Å². The zero-order valence-corrected chi connectivity index (χ0v) is 12.3. The molecule has 1 aromatic rings. The first kappa shape index (κ1) is 16.6. The molecule has 1 unspecified atom stereocenters. The molecule has 4 nitrogen and oxygen atoms in total. The summed E-state index contributed by atoms with van der Waals surface area (Å²) in [5, 5.41) is 5.81. The molecule has 0 aliphatic rings. The Kier molecular flexibility index (Phi) is 7.18. The van der Waals surface area contributed by atoms with E-state index in [1.807, 2.05) is 6.92 Å². The van der Waals surface area contributed by atoms with Crippen molar-refractivity contribution in [3.05, 3.63) is 30.1 Å². The summed E-state index contributed by atoms with van der Waals surface area (Å²) in [6.45, 7) is 7.48. The van der Waals surface area contributed by atoms with Crippen molar-refractivity contribution in [1.29, 1.82) is 0 Å². The highest BCUT2D eigenvalue weighted by molar-refractivity contribution is 5.92. The molecule has 0 bridgehead atoms. The fourth-order valence-electron chi connectivity index (χ4n) is 1.73. The van der Waals surface area contributed by atoms with Gasteiger partial charge in [-0.05, 0) is 31.0 Å². The van der Waals surface area contributed by atoms with Crippen LogP contribution in [-0.2, 0) is 9.53 Å². The molecule has 0 spiro atoms. The molecule has 0 saturated carbocycles. The van der Waals surface area contributed by atoms with Crippen molar-refractivity contribution in [2.75, 3.05) is 25.1 Å². The molecule has 5 heteroatoms. The summed E-state index contributed by atoms with van der Waals surface area (Å²) >= 11 is 0. The lowest BCUT2D eigenvalue weighted by Gasteiger charge is -2.21. The lowest BCUT2D eigenvalue weighted by molar-refractivity contribution is -0.115. The van der Waals surface area contributed by atoms with Gasteiger partial charge in [-0.15, -0.1) is 0 Å². The molecule has 1 atom stereocenters. The van der Waals surface area contributed by atoms with E-state index in [-0.39, 0.29) is 24.3 Å². The first-order valence-electron chi connectivity index (χ1n) is 6.89. The Bertz CT molecular complexity index is 424. The van der Waals surface area contributed by atoms with Crippen LogP contribution in [0.25, 0.3) is 0 Å². The van der Waals surface area contributed by atoms with E-state index < -0.39 is 0 Å². The molecule has 0 fully saturated rings.